The van der Waals surface area contributed by atoms with Crippen molar-refractivity contribution in [2.24, 2.45) is 11.7 Å². The molecule has 10 heteroatoms. The van der Waals surface area contributed by atoms with E-state index in [0.717, 1.165) is 18.9 Å². The molecule has 1 saturated carbocycles. The van der Waals surface area contributed by atoms with E-state index in [-0.39, 0.29) is 47.7 Å². The summed E-state index contributed by atoms with van der Waals surface area (Å²) in [6.45, 7) is -0.234. The first-order valence-corrected chi connectivity index (χ1v) is 11.9. The lowest BCUT2D eigenvalue weighted by Crippen LogP contribution is -2.52. The van der Waals surface area contributed by atoms with Crippen molar-refractivity contribution in [1.29, 1.82) is 0 Å². The first-order valence-electron chi connectivity index (χ1n) is 10.3. The summed E-state index contributed by atoms with van der Waals surface area (Å²) in [7, 11) is -3.42. The number of sulfonamides is 1. The smallest absolute Gasteiger partial charge is 0.238 e. The van der Waals surface area contributed by atoms with E-state index < -0.39 is 33.5 Å². The Bertz CT molecular complexity index is 925. The molecule has 3 atom stereocenters. The topological polar surface area (TPSA) is 92.5 Å². The first kappa shape index (κ1) is 21.6. The van der Waals surface area contributed by atoms with Crippen LogP contribution in [0.4, 0.5) is 13.2 Å². The van der Waals surface area contributed by atoms with Gasteiger partial charge in [0, 0.05) is 24.2 Å². The van der Waals surface area contributed by atoms with Crippen LogP contribution < -0.4 is 10.5 Å². The predicted octanol–water partition coefficient (Wildman–Crippen LogP) is 1.83. The number of fused-ring (bicyclic) bond motifs is 2. The van der Waals surface area contributed by atoms with Gasteiger partial charge in [0.15, 0.2) is 11.6 Å². The van der Waals surface area contributed by atoms with E-state index in [1.54, 1.807) is 4.90 Å². The minimum absolute atomic E-state index is 0.0159. The summed E-state index contributed by atoms with van der Waals surface area (Å²) in [6, 6.07) is 0.868. The van der Waals surface area contributed by atoms with E-state index in [0.29, 0.717) is 31.7 Å². The monoisotopic (exact) mass is 445 g/mol. The summed E-state index contributed by atoms with van der Waals surface area (Å²) in [5, 5.41) is -0.373. The van der Waals surface area contributed by atoms with Gasteiger partial charge in [-0.3, -0.25) is 4.79 Å². The van der Waals surface area contributed by atoms with Gasteiger partial charge >= 0.3 is 0 Å². The molecular weight excluding hydrogens is 419 g/mol. The Hall–Kier alpha value is -1.65. The quantitative estimate of drug-likeness (QED) is 0.627. The molecule has 30 heavy (non-hydrogen) atoms. The summed E-state index contributed by atoms with van der Waals surface area (Å²) in [5.74, 6) is -3.37. The maximum Gasteiger partial charge on any atom is 0.238 e. The van der Waals surface area contributed by atoms with Gasteiger partial charge in [-0.05, 0) is 62.5 Å². The van der Waals surface area contributed by atoms with Gasteiger partial charge in [-0.25, -0.2) is 26.3 Å². The maximum absolute atomic E-state index is 14.0. The molecule has 1 aromatic rings. The van der Waals surface area contributed by atoms with Crippen molar-refractivity contribution in [2.75, 3.05) is 6.54 Å². The van der Waals surface area contributed by atoms with Gasteiger partial charge in [-0.15, -0.1) is 0 Å². The van der Waals surface area contributed by atoms with E-state index in [1.165, 1.54) is 0 Å². The van der Waals surface area contributed by atoms with Crippen LogP contribution in [0.15, 0.2) is 12.1 Å². The molecule has 3 aliphatic rings. The molecule has 166 valence electrons. The highest BCUT2D eigenvalue weighted by atomic mass is 32.2. The van der Waals surface area contributed by atoms with Gasteiger partial charge < -0.3 is 10.6 Å². The Labute approximate surface area is 174 Å². The van der Waals surface area contributed by atoms with Crippen molar-refractivity contribution < 1.29 is 26.4 Å². The number of benzene rings is 1. The van der Waals surface area contributed by atoms with Crippen molar-refractivity contribution in [2.45, 2.75) is 68.3 Å². The number of piperidine rings is 1. The van der Waals surface area contributed by atoms with Crippen LogP contribution in [0.2, 0.25) is 0 Å². The standard InChI is InChI=1S/C20H26F3N3O3S/c21-16-9-18(23)17(22)7-11(16)8-19(24)12-5-13-1-2-14(6-12)26(13)20(27)10-25-30(28,29)15-3-4-15/h7,9,12-15,19,25H,1-6,8,10,24H2/t12?,13?,14?,19-/m1/s1. The van der Waals surface area contributed by atoms with Gasteiger partial charge in [0.25, 0.3) is 0 Å². The number of nitrogens with two attached hydrogens (primary N) is 1. The van der Waals surface area contributed by atoms with Crippen LogP contribution in [0.25, 0.3) is 0 Å². The molecule has 1 aromatic carbocycles. The summed E-state index contributed by atoms with van der Waals surface area (Å²) in [6.07, 6.45) is 4.24. The molecule has 2 unspecified atom stereocenters. The van der Waals surface area contributed by atoms with Gasteiger partial charge in [-0.1, -0.05) is 0 Å². The minimum atomic E-state index is -3.42. The van der Waals surface area contributed by atoms with Crippen molar-refractivity contribution >= 4 is 15.9 Å². The lowest BCUT2D eigenvalue weighted by atomic mass is 9.82. The molecule has 4 rings (SSSR count). The Morgan fingerprint density at radius 1 is 1.07 bits per heavy atom. The average molecular weight is 446 g/mol. The zero-order valence-corrected chi connectivity index (χ0v) is 17.3. The molecule has 2 aliphatic heterocycles. The number of nitrogens with one attached hydrogen (secondary N) is 1. The second-order valence-electron chi connectivity index (χ2n) is 8.71. The van der Waals surface area contributed by atoms with Gasteiger partial charge in [0.2, 0.25) is 15.9 Å². The zero-order valence-electron chi connectivity index (χ0n) is 16.5. The van der Waals surface area contributed by atoms with Gasteiger partial charge in [0.05, 0.1) is 11.8 Å². The molecule has 3 N–H and O–H groups in total. The molecule has 0 spiro atoms. The fraction of sp³-hybridized carbons (Fsp3) is 0.650. The predicted molar refractivity (Wildman–Crippen MR) is 104 cm³/mol. The van der Waals surface area contributed by atoms with Crippen LogP contribution in [0.5, 0.6) is 0 Å². The highest BCUT2D eigenvalue weighted by molar-refractivity contribution is 7.90. The Balaban J connectivity index is 1.36. The van der Waals surface area contributed by atoms with E-state index >= 15 is 0 Å². The molecule has 2 bridgehead atoms. The average Bonchev–Trinajstić information content (AvgIpc) is 3.50. The second kappa shape index (κ2) is 8.12. The minimum Gasteiger partial charge on any atom is -0.336 e. The fourth-order valence-electron chi connectivity index (χ4n) is 4.87. The molecule has 0 aromatic heterocycles. The maximum atomic E-state index is 14.0. The highest BCUT2D eigenvalue weighted by Crippen LogP contribution is 2.40. The SMILES string of the molecule is N[C@H](Cc1cc(F)c(F)cc1F)C1CC2CCC(C1)N2C(=O)CNS(=O)(=O)C1CC1. The largest absolute Gasteiger partial charge is 0.336 e. The molecule has 3 fully saturated rings. The van der Waals surface area contributed by atoms with Crippen LogP contribution in [0, 0.1) is 23.4 Å². The molecule has 2 heterocycles. The number of hydrogen-bond donors (Lipinski definition) is 2. The van der Waals surface area contributed by atoms with Crippen LogP contribution in [0.1, 0.15) is 44.1 Å². The van der Waals surface area contributed by atoms with Crippen LogP contribution >= 0.6 is 0 Å². The Morgan fingerprint density at radius 2 is 1.67 bits per heavy atom. The number of rotatable bonds is 7. The third kappa shape index (κ3) is 4.36. The molecule has 6 nitrogen and oxygen atoms in total. The summed E-state index contributed by atoms with van der Waals surface area (Å²) >= 11 is 0. The lowest BCUT2D eigenvalue weighted by Gasteiger charge is -2.41. The van der Waals surface area contributed by atoms with E-state index in [9.17, 15) is 26.4 Å². The van der Waals surface area contributed by atoms with E-state index in [1.807, 2.05) is 0 Å². The number of carbonyl (C=O) groups excluding carboxylic acids is 1. The third-order valence-electron chi connectivity index (χ3n) is 6.60. The lowest BCUT2D eigenvalue weighted by molar-refractivity contribution is -0.135. The Kier molecular flexibility index (Phi) is 5.84. The number of amides is 1. The number of carbonyl (C=O) groups is 1. The van der Waals surface area contributed by atoms with E-state index in [4.69, 9.17) is 5.73 Å². The van der Waals surface area contributed by atoms with Crippen molar-refractivity contribution in [3.05, 3.63) is 35.1 Å². The molecule has 2 saturated heterocycles. The zero-order chi connectivity index (χ0) is 21.6. The van der Waals surface area contributed by atoms with Crippen LogP contribution in [-0.2, 0) is 21.2 Å². The summed E-state index contributed by atoms with van der Waals surface area (Å²) < 4.78 is 66.9. The van der Waals surface area contributed by atoms with Crippen molar-refractivity contribution in [3.63, 3.8) is 0 Å². The van der Waals surface area contributed by atoms with E-state index in [2.05, 4.69) is 4.72 Å². The summed E-state index contributed by atoms with van der Waals surface area (Å²) in [4.78, 5) is 14.4. The molecular formula is C20H26F3N3O3S. The second-order valence-corrected chi connectivity index (χ2v) is 10.8. The van der Waals surface area contributed by atoms with Crippen molar-refractivity contribution in [3.8, 4) is 0 Å². The number of hydrogen-bond acceptors (Lipinski definition) is 4. The third-order valence-corrected chi connectivity index (χ3v) is 8.49. The van der Waals surface area contributed by atoms with Crippen molar-refractivity contribution in [1.82, 2.24) is 9.62 Å². The number of nitrogens with zero attached hydrogens (tertiary/aromatic N) is 1. The molecule has 0 radical (unpaired) electrons. The molecule has 1 amide bonds. The molecule has 1 aliphatic carbocycles. The van der Waals surface area contributed by atoms with Gasteiger partial charge in [-0.2, -0.15) is 0 Å². The normalized spacial score (nSPS) is 27.3. The fourth-order valence-corrected chi connectivity index (χ4v) is 6.18. The van der Waals surface area contributed by atoms with Crippen LogP contribution in [-0.4, -0.2) is 49.1 Å². The van der Waals surface area contributed by atoms with Crippen LogP contribution in [0.3, 0.4) is 0 Å². The Morgan fingerprint density at radius 3 is 2.27 bits per heavy atom. The number of halogens is 3. The van der Waals surface area contributed by atoms with Gasteiger partial charge in [0.1, 0.15) is 5.82 Å². The summed E-state index contributed by atoms with van der Waals surface area (Å²) in [5.41, 5.74) is 6.33. The first-order chi connectivity index (χ1) is 14.2. The highest BCUT2D eigenvalue weighted by Gasteiger charge is 2.45.